The lowest BCUT2D eigenvalue weighted by atomic mass is 10.1. The van der Waals surface area contributed by atoms with Crippen molar-refractivity contribution < 1.29 is 19.1 Å². The third kappa shape index (κ3) is 5.88. The van der Waals surface area contributed by atoms with Crippen LogP contribution in [0.2, 0.25) is 0 Å². The summed E-state index contributed by atoms with van der Waals surface area (Å²) >= 11 is 0. The monoisotopic (exact) mass is 360 g/mol. The van der Waals surface area contributed by atoms with Crippen LogP contribution in [0.1, 0.15) is 26.3 Å². The van der Waals surface area contributed by atoms with Crippen LogP contribution in [-0.2, 0) is 14.3 Å². The van der Waals surface area contributed by atoms with Gasteiger partial charge in [-0.25, -0.2) is 9.59 Å². The molecule has 1 amide bonds. The first kappa shape index (κ1) is 20.0. The fourth-order valence-corrected chi connectivity index (χ4v) is 2.78. The molecule has 0 aromatic heterocycles. The van der Waals surface area contributed by atoms with Crippen LogP contribution < -0.4 is 0 Å². The standard InChI is InChI=1S/C20H28N2O4/c1-20(2,3)26-19(24)22-14-13-21(15-17(22)18(23)25-4)12-8-11-16-9-6-5-7-10-16/h5-11,17H,12-15H2,1-4H3/t17-/m0/s1. The number of rotatable bonds is 4. The number of ether oxygens (including phenoxy) is 2. The maximum Gasteiger partial charge on any atom is 0.411 e. The zero-order valence-corrected chi connectivity index (χ0v) is 16.0. The molecule has 1 saturated heterocycles. The number of esters is 1. The van der Waals surface area contributed by atoms with Crippen molar-refractivity contribution in [1.29, 1.82) is 0 Å². The lowest BCUT2D eigenvalue weighted by Crippen LogP contribution is -2.59. The van der Waals surface area contributed by atoms with Crippen LogP contribution in [0.5, 0.6) is 0 Å². The van der Waals surface area contributed by atoms with Crippen molar-refractivity contribution in [1.82, 2.24) is 9.80 Å². The van der Waals surface area contributed by atoms with Crippen LogP contribution in [0.25, 0.3) is 6.08 Å². The Kier molecular flexibility index (Phi) is 6.80. The fourth-order valence-electron chi connectivity index (χ4n) is 2.78. The summed E-state index contributed by atoms with van der Waals surface area (Å²) in [6.45, 7) is 7.64. The number of piperazine rings is 1. The highest BCUT2D eigenvalue weighted by atomic mass is 16.6. The molecule has 6 heteroatoms. The molecule has 0 radical (unpaired) electrons. The number of amides is 1. The van der Waals surface area contributed by atoms with Gasteiger partial charge in [0.05, 0.1) is 7.11 Å². The van der Waals surface area contributed by atoms with E-state index in [9.17, 15) is 9.59 Å². The minimum absolute atomic E-state index is 0.422. The van der Waals surface area contributed by atoms with E-state index in [4.69, 9.17) is 9.47 Å². The molecule has 1 fully saturated rings. The third-order valence-corrected chi connectivity index (χ3v) is 4.04. The van der Waals surface area contributed by atoms with Crippen LogP contribution in [-0.4, -0.2) is 66.8 Å². The summed E-state index contributed by atoms with van der Waals surface area (Å²) in [7, 11) is 1.34. The number of methoxy groups -OCH3 is 1. The number of carbonyl (C=O) groups is 2. The van der Waals surface area contributed by atoms with Gasteiger partial charge in [0.1, 0.15) is 11.6 Å². The third-order valence-electron chi connectivity index (χ3n) is 4.04. The number of hydrogen-bond donors (Lipinski definition) is 0. The first-order valence-corrected chi connectivity index (χ1v) is 8.81. The SMILES string of the molecule is COC(=O)[C@@H]1CN(CC=Cc2ccccc2)CCN1C(=O)OC(C)(C)C. The summed E-state index contributed by atoms with van der Waals surface area (Å²) < 4.78 is 10.3. The molecule has 1 heterocycles. The van der Waals surface area contributed by atoms with Crippen molar-refractivity contribution >= 4 is 18.1 Å². The van der Waals surface area contributed by atoms with Gasteiger partial charge in [-0.1, -0.05) is 42.5 Å². The Balaban J connectivity index is 1.99. The average molecular weight is 360 g/mol. The van der Waals surface area contributed by atoms with E-state index in [1.807, 2.05) is 57.2 Å². The summed E-state index contributed by atoms with van der Waals surface area (Å²) in [5, 5.41) is 0. The van der Waals surface area contributed by atoms with E-state index >= 15 is 0 Å². The Morgan fingerprint density at radius 2 is 1.88 bits per heavy atom. The van der Waals surface area contributed by atoms with Gasteiger partial charge < -0.3 is 9.47 Å². The average Bonchev–Trinajstić information content (AvgIpc) is 2.60. The normalized spacial score (nSPS) is 18.8. The molecular weight excluding hydrogens is 332 g/mol. The summed E-state index contributed by atoms with van der Waals surface area (Å²) in [5.74, 6) is -0.424. The van der Waals surface area contributed by atoms with Gasteiger partial charge >= 0.3 is 12.1 Å². The van der Waals surface area contributed by atoms with Crippen molar-refractivity contribution in [2.24, 2.45) is 0 Å². The maximum atomic E-state index is 12.4. The summed E-state index contributed by atoms with van der Waals surface area (Å²) in [6.07, 6.45) is 3.63. The second kappa shape index (κ2) is 8.85. The molecule has 0 aliphatic carbocycles. The molecule has 0 spiro atoms. The van der Waals surface area contributed by atoms with Gasteiger partial charge in [-0.2, -0.15) is 0 Å². The Morgan fingerprint density at radius 1 is 1.19 bits per heavy atom. The lowest BCUT2D eigenvalue weighted by Gasteiger charge is -2.39. The van der Waals surface area contributed by atoms with Crippen LogP contribution in [0.4, 0.5) is 4.79 Å². The molecule has 1 aliphatic heterocycles. The highest BCUT2D eigenvalue weighted by Crippen LogP contribution is 2.17. The number of nitrogens with zero attached hydrogens (tertiary/aromatic N) is 2. The fraction of sp³-hybridized carbons (Fsp3) is 0.500. The molecule has 0 unspecified atom stereocenters. The number of carbonyl (C=O) groups excluding carboxylic acids is 2. The van der Waals surface area contributed by atoms with Crippen LogP contribution >= 0.6 is 0 Å². The van der Waals surface area contributed by atoms with E-state index in [1.165, 1.54) is 12.0 Å². The Bertz CT molecular complexity index is 637. The highest BCUT2D eigenvalue weighted by Gasteiger charge is 2.37. The van der Waals surface area contributed by atoms with E-state index in [0.717, 1.165) is 5.56 Å². The van der Waals surface area contributed by atoms with Gasteiger partial charge in [-0.3, -0.25) is 9.80 Å². The minimum Gasteiger partial charge on any atom is -0.467 e. The smallest absolute Gasteiger partial charge is 0.411 e. The van der Waals surface area contributed by atoms with Crippen molar-refractivity contribution in [2.45, 2.75) is 32.4 Å². The molecule has 142 valence electrons. The van der Waals surface area contributed by atoms with E-state index in [0.29, 0.717) is 26.2 Å². The largest absolute Gasteiger partial charge is 0.467 e. The van der Waals surface area contributed by atoms with Gasteiger partial charge in [-0.15, -0.1) is 0 Å². The molecule has 1 atom stereocenters. The zero-order chi connectivity index (χ0) is 19.2. The van der Waals surface area contributed by atoms with Gasteiger partial charge in [0.15, 0.2) is 0 Å². The number of hydrogen-bond acceptors (Lipinski definition) is 5. The molecule has 1 aromatic carbocycles. The van der Waals surface area contributed by atoms with Gasteiger partial charge in [0.2, 0.25) is 0 Å². The van der Waals surface area contributed by atoms with Crippen molar-refractivity contribution in [3.63, 3.8) is 0 Å². The van der Waals surface area contributed by atoms with Crippen molar-refractivity contribution in [3.05, 3.63) is 42.0 Å². The van der Waals surface area contributed by atoms with Gasteiger partial charge in [0, 0.05) is 26.2 Å². The van der Waals surface area contributed by atoms with Gasteiger partial charge in [0.25, 0.3) is 0 Å². The molecule has 1 aromatic rings. The van der Waals surface area contributed by atoms with E-state index in [2.05, 4.69) is 11.0 Å². The zero-order valence-electron chi connectivity index (χ0n) is 16.0. The molecule has 1 aliphatic rings. The topological polar surface area (TPSA) is 59.1 Å². The predicted octanol–water partition coefficient (Wildman–Crippen LogP) is 2.79. The van der Waals surface area contributed by atoms with Crippen LogP contribution in [0.3, 0.4) is 0 Å². The second-order valence-electron chi connectivity index (χ2n) is 7.29. The number of benzene rings is 1. The first-order valence-electron chi connectivity index (χ1n) is 8.81. The molecular formula is C20H28N2O4. The van der Waals surface area contributed by atoms with E-state index in [1.54, 1.807) is 0 Å². The van der Waals surface area contributed by atoms with E-state index < -0.39 is 23.7 Å². The Hall–Kier alpha value is -2.34. The highest BCUT2D eigenvalue weighted by molar-refractivity contribution is 5.82. The molecule has 0 saturated carbocycles. The lowest BCUT2D eigenvalue weighted by molar-refractivity contribution is -0.149. The maximum absolute atomic E-state index is 12.4. The molecule has 6 nitrogen and oxygen atoms in total. The van der Waals surface area contributed by atoms with Gasteiger partial charge in [-0.05, 0) is 26.3 Å². The molecule has 0 N–H and O–H groups in total. The Labute approximate surface area is 155 Å². The summed E-state index contributed by atoms with van der Waals surface area (Å²) in [5.41, 5.74) is 0.525. The molecule has 0 bridgehead atoms. The van der Waals surface area contributed by atoms with Crippen molar-refractivity contribution in [2.75, 3.05) is 33.3 Å². The predicted molar refractivity (Wildman–Crippen MR) is 101 cm³/mol. The van der Waals surface area contributed by atoms with E-state index in [-0.39, 0.29) is 0 Å². The minimum atomic E-state index is -0.659. The first-order chi connectivity index (χ1) is 12.3. The summed E-state index contributed by atoms with van der Waals surface area (Å²) in [4.78, 5) is 28.2. The second-order valence-corrected chi connectivity index (χ2v) is 7.29. The molecule has 2 rings (SSSR count). The van der Waals surface area contributed by atoms with Crippen LogP contribution in [0.15, 0.2) is 36.4 Å². The Morgan fingerprint density at radius 3 is 2.50 bits per heavy atom. The summed E-state index contributed by atoms with van der Waals surface area (Å²) in [6, 6.07) is 9.38. The molecule has 26 heavy (non-hydrogen) atoms. The quantitative estimate of drug-likeness (QED) is 0.773. The van der Waals surface area contributed by atoms with Crippen molar-refractivity contribution in [3.8, 4) is 0 Å². The van der Waals surface area contributed by atoms with Crippen LogP contribution in [0, 0.1) is 0 Å².